The number of ether oxygens (including phenoxy) is 1. The van der Waals surface area contributed by atoms with Crippen LogP contribution in [0, 0.1) is 17.8 Å². The van der Waals surface area contributed by atoms with Crippen molar-refractivity contribution in [3.05, 3.63) is 24.0 Å². The third-order valence-corrected chi connectivity index (χ3v) is 3.73. The number of aromatic nitrogens is 1. The summed E-state index contributed by atoms with van der Waals surface area (Å²) in [5.41, 5.74) is -0.905. The Morgan fingerprint density at radius 2 is 2.00 bits per heavy atom. The van der Waals surface area contributed by atoms with Gasteiger partial charge in [-0.3, -0.25) is 4.98 Å². The van der Waals surface area contributed by atoms with E-state index in [1.165, 1.54) is 6.07 Å². The van der Waals surface area contributed by atoms with E-state index in [9.17, 15) is 13.2 Å². The molecule has 1 saturated heterocycles. The molecule has 0 aromatic carbocycles. The van der Waals surface area contributed by atoms with Crippen LogP contribution in [0.3, 0.4) is 0 Å². The van der Waals surface area contributed by atoms with E-state index < -0.39 is 11.9 Å². The highest BCUT2D eigenvalue weighted by Gasteiger charge is 2.53. The zero-order valence-corrected chi connectivity index (χ0v) is 10.8. The van der Waals surface area contributed by atoms with Crippen LogP contribution in [0.25, 0.3) is 0 Å². The van der Waals surface area contributed by atoms with E-state index in [2.05, 4.69) is 10.3 Å². The SMILES string of the molecule is Cl.FC(F)(F)c1cc(OCC2C3CNCC32)ccn1. The van der Waals surface area contributed by atoms with Gasteiger partial charge in [0.2, 0.25) is 0 Å². The minimum atomic E-state index is -4.42. The van der Waals surface area contributed by atoms with E-state index in [4.69, 9.17) is 4.74 Å². The average Bonchev–Trinajstić information content (AvgIpc) is 2.77. The second kappa shape index (κ2) is 5.17. The van der Waals surface area contributed by atoms with Crippen molar-refractivity contribution in [2.75, 3.05) is 19.7 Å². The number of nitrogens with one attached hydrogen (secondary N) is 1. The van der Waals surface area contributed by atoms with Crippen LogP contribution in [0.5, 0.6) is 5.75 Å². The van der Waals surface area contributed by atoms with Gasteiger partial charge in [0.1, 0.15) is 11.4 Å². The van der Waals surface area contributed by atoms with Crippen LogP contribution in [0.15, 0.2) is 18.3 Å². The Morgan fingerprint density at radius 3 is 2.63 bits per heavy atom. The third-order valence-electron chi connectivity index (χ3n) is 3.73. The quantitative estimate of drug-likeness (QED) is 0.929. The number of piperidine rings is 1. The van der Waals surface area contributed by atoms with Gasteiger partial charge in [0, 0.05) is 18.2 Å². The first-order chi connectivity index (χ1) is 8.55. The molecule has 0 spiro atoms. The van der Waals surface area contributed by atoms with E-state index in [1.807, 2.05) is 0 Å². The van der Waals surface area contributed by atoms with Crippen LogP contribution in [0.2, 0.25) is 0 Å². The molecule has 1 aromatic heterocycles. The van der Waals surface area contributed by atoms with Crippen molar-refractivity contribution in [3.8, 4) is 5.75 Å². The molecule has 2 unspecified atom stereocenters. The summed E-state index contributed by atoms with van der Waals surface area (Å²) in [4.78, 5) is 3.30. The maximum Gasteiger partial charge on any atom is 0.433 e. The summed E-state index contributed by atoms with van der Waals surface area (Å²) in [6, 6.07) is 2.42. The standard InChI is InChI=1S/C12H13F3N2O.ClH/c13-12(14,15)11-3-7(1-2-17-11)18-6-10-8-4-16-5-9(8)10;/h1-3,8-10,16H,4-6H2;1H. The van der Waals surface area contributed by atoms with E-state index in [0.29, 0.717) is 24.4 Å². The largest absolute Gasteiger partial charge is 0.493 e. The number of alkyl halides is 3. The lowest BCUT2D eigenvalue weighted by Crippen LogP contribution is -2.17. The second-order valence-corrected chi connectivity index (χ2v) is 4.84. The van der Waals surface area contributed by atoms with Crippen LogP contribution in [0.1, 0.15) is 5.69 Å². The number of hydrogen-bond acceptors (Lipinski definition) is 3. The molecule has 7 heteroatoms. The summed E-state index contributed by atoms with van der Waals surface area (Å²) >= 11 is 0. The Balaban J connectivity index is 0.00000133. The van der Waals surface area contributed by atoms with Gasteiger partial charge in [0.25, 0.3) is 0 Å². The molecule has 3 nitrogen and oxygen atoms in total. The van der Waals surface area contributed by atoms with Crippen LogP contribution >= 0.6 is 12.4 Å². The summed E-state index contributed by atoms with van der Waals surface area (Å²) < 4.78 is 42.8. The molecule has 1 N–H and O–H groups in total. The molecule has 2 heterocycles. The predicted octanol–water partition coefficient (Wildman–Crippen LogP) is 2.37. The molecule has 0 bridgehead atoms. The first-order valence-electron chi connectivity index (χ1n) is 5.92. The van der Waals surface area contributed by atoms with E-state index in [0.717, 1.165) is 25.4 Å². The fourth-order valence-electron chi connectivity index (χ4n) is 2.64. The Morgan fingerprint density at radius 1 is 1.32 bits per heavy atom. The molecule has 2 aliphatic rings. The number of fused-ring (bicyclic) bond motifs is 1. The van der Waals surface area contributed by atoms with Gasteiger partial charge in [-0.15, -0.1) is 12.4 Å². The maximum atomic E-state index is 12.4. The predicted molar refractivity (Wildman–Crippen MR) is 65.3 cm³/mol. The molecule has 19 heavy (non-hydrogen) atoms. The number of hydrogen-bond donors (Lipinski definition) is 1. The smallest absolute Gasteiger partial charge is 0.433 e. The minimum Gasteiger partial charge on any atom is -0.493 e. The Kier molecular flexibility index (Phi) is 3.92. The van der Waals surface area contributed by atoms with Gasteiger partial charge in [-0.25, -0.2) is 0 Å². The molecule has 1 aliphatic carbocycles. The highest BCUT2D eigenvalue weighted by Crippen LogP contribution is 2.48. The summed E-state index contributed by atoms with van der Waals surface area (Å²) in [5, 5.41) is 3.26. The van der Waals surface area contributed by atoms with Gasteiger partial charge in [-0.05, 0) is 31.0 Å². The molecule has 1 aliphatic heterocycles. The molecule has 0 radical (unpaired) electrons. The van der Waals surface area contributed by atoms with Crippen LogP contribution in [-0.2, 0) is 6.18 Å². The zero-order valence-electron chi connectivity index (χ0n) is 9.98. The molecular formula is C12H14ClF3N2O. The van der Waals surface area contributed by atoms with Gasteiger partial charge < -0.3 is 10.1 Å². The minimum absolute atomic E-state index is 0. The lowest BCUT2D eigenvalue weighted by Gasteiger charge is -2.10. The van der Waals surface area contributed by atoms with E-state index in [-0.39, 0.29) is 18.2 Å². The number of nitrogens with zero attached hydrogens (tertiary/aromatic N) is 1. The van der Waals surface area contributed by atoms with Crippen LogP contribution in [-0.4, -0.2) is 24.7 Å². The normalized spacial score (nSPS) is 28.5. The fraction of sp³-hybridized carbons (Fsp3) is 0.583. The monoisotopic (exact) mass is 294 g/mol. The van der Waals surface area contributed by atoms with E-state index in [1.54, 1.807) is 0 Å². The molecule has 1 saturated carbocycles. The van der Waals surface area contributed by atoms with Gasteiger partial charge >= 0.3 is 6.18 Å². The summed E-state index contributed by atoms with van der Waals surface area (Å²) in [6.07, 6.45) is -3.28. The lowest BCUT2D eigenvalue weighted by atomic mass is 10.3. The molecule has 0 amide bonds. The lowest BCUT2D eigenvalue weighted by molar-refractivity contribution is -0.141. The van der Waals surface area contributed by atoms with Crippen molar-refractivity contribution < 1.29 is 17.9 Å². The Bertz CT molecular complexity index is 445. The number of halogens is 4. The van der Waals surface area contributed by atoms with Crippen molar-refractivity contribution in [2.24, 2.45) is 17.8 Å². The molecule has 2 atom stereocenters. The van der Waals surface area contributed by atoms with Crippen molar-refractivity contribution in [1.82, 2.24) is 10.3 Å². The summed E-state index contributed by atoms with van der Waals surface area (Å²) in [5.74, 6) is 2.03. The zero-order chi connectivity index (χ0) is 12.8. The van der Waals surface area contributed by atoms with Crippen molar-refractivity contribution >= 4 is 12.4 Å². The van der Waals surface area contributed by atoms with Gasteiger partial charge in [-0.2, -0.15) is 13.2 Å². The van der Waals surface area contributed by atoms with Crippen molar-refractivity contribution in [1.29, 1.82) is 0 Å². The number of pyridine rings is 1. The van der Waals surface area contributed by atoms with Gasteiger partial charge in [0.05, 0.1) is 6.61 Å². The molecule has 2 fully saturated rings. The fourth-order valence-corrected chi connectivity index (χ4v) is 2.64. The third kappa shape index (κ3) is 2.95. The van der Waals surface area contributed by atoms with E-state index >= 15 is 0 Å². The van der Waals surface area contributed by atoms with Crippen LogP contribution in [0.4, 0.5) is 13.2 Å². The molecule has 1 aromatic rings. The first-order valence-corrected chi connectivity index (χ1v) is 5.92. The summed E-state index contributed by atoms with van der Waals surface area (Å²) in [7, 11) is 0. The van der Waals surface area contributed by atoms with Gasteiger partial charge in [0.15, 0.2) is 0 Å². The van der Waals surface area contributed by atoms with Crippen molar-refractivity contribution in [3.63, 3.8) is 0 Å². The number of rotatable bonds is 3. The van der Waals surface area contributed by atoms with Crippen LogP contribution < -0.4 is 10.1 Å². The highest BCUT2D eigenvalue weighted by molar-refractivity contribution is 5.85. The maximum absolute atomic E-state index is 12.4. The molecule has 3 rings (SSSR count). The Labute approximate surface area is 115 Å². The Hall–Kier alpha value is -1.01. The molecule has 106 valence electrons. The van der Waals surface area contributed by atoms with Crippen molar-refractivity contribution in [2.45, 2.75) is 6.18 Å². The topological polar surface area (TPSA) is 34.1 Å². The summed E-state index contributed by atoms with van der Waals surface area (Å²) in [6.45, 7) is 2.50. The molecular weight excluding hydrogens is 281 g/mol. The second-order valence-electron chi connectivity index (χ2n) is 4.84. The highest BCUT2D eigenvalue weighted by atomic mass is 35.5. The van der Waals surface area contributed by atoms with Gasteiger partial charge in [-0.1, -0.05) is 0 Å². The first kappa shape index (κ1) is 14.4. The average molecular weight is 295 g/mol.